The molecule has 0 aliphatic carbocycles. The van der Waals surface area contributed by atoms with E-state index in [4.69, 9.17) is 4.42 Å². The van der Waals surface area contributed by atoms with Gasteiger partial charge < -0.3 is 14.6 Å². The molecule has 3 aromatic rings. The average Bonchev–Trinajstić information content (AvgIpc) is 2.95. The van der Waals surface area contributed by atoms with E-state index in [2.05, 4.69) is 16.4 Å². The third-order valence-electron chi connectivity index (χ3n) is 5.90. The summed E-state index contributed by atoms with van der Waals surface area (Å²) in [5, 5.41) is 3.97. The molecule has 0 bridgehead atoms. The highest BCUT2D eigenvalue weighted by molar-refractivity contribution is 5.95. The molecule has 1 atom stereocenters. The molecule has 0 spiro atoms. The Morgan fingerprint density at radius 3 is 3.10 bits per heavy atom. The first-order valence-electron chi connectivity index (χ1n) is 10.3. The van der Waals surface area contributed by atoms with Crippen LogP contribution in [0.4, 0.5) is 5.82 Å². The number of aryl methyl sites for hydroxylation is 1. The summed E-state index contributed by atoms with van der Waals surface area (Å²) in [4.78, 5) is 30.8. The third-order valence-corrected chi connectivity index (χ3v) is 5.90. The second-order valence-electron chi connectivity index (χ2n) is 8.07. The van der Waals surface area contributed by atoms with Crippen molar-refractivity contribution in [3.05, 3.63) is 65.1 Å². The van der Waals surface area contributed by atoms with Gasteiger partial charge in [0.2, 0.25) is 11.8 Å². The zero-order chi connectivity index (χ0) is 20.7. The third kappa shape index (κ3) is 3.38. The molecule has 2 aliphatic heterocycles. The Hall–Kier alpha value is -3.41. The van der Waals surface area contributed by atoms with Gasteiger partial charge in [0.05, 0.1) is 6.54 Å². The topological polar surface area (TPSA) is 75.4 Å². The number of furan rings is 1. The van der Waals surface area contributed by atoms with Gasteiger partial charge in [-0.3, -0.25) is 9.59 Å². The number of carbonyl (C=O) groups is 2. The number of nitrogens with one attached hydrogen (secondary N) is 1. The number of amides is 2. The van der Waals surface area contributed by atoms with E-state index in [0.29, 0.717) is 25.3 Å². The summed E-state index contributed by atoms with van der Waals surface area (Å²) in [6, 6.07) is 10.0. The lowest BCUT2D eigenvalue weighted by Crippen LogP contribution is -2.29. The number of rotatable bonds is 2. The summed E-state index contributed by atoms with van der Waals surface area (Å²) in [5.41, 5.74) is 3.96. The van der Waals surface area contributed by atoms with Crippen LogP contribution in [0.1, 0.15) is 35.8 Å². The van der Waals surface area contributed by atoms with E-state index < -0.39 is 0 Å². The van der Waals surface area contributed by atoms with Gasteiger partial charge in [0.25, 0.3) is 0 Å². The maximum atomic E-state index is 12.9. The molecule has 152 valence electrons. The molecule has 0 saturated carbocycles. The molecule has 1 unspecified atom stereocenters. The lowest BCUT2D eigenvalue weighted by Gasteiger charge is -2.21. The molecule has 2 aliphatic rings. The maximum absolute atomic E-state index is 12.9. The van der Waals surface area contributed by atoms with Gasteiger partial charge >= 0.3 is 0 Å². The predicted octanol–water partition coefficient (Wildman–Crippen LogP) is 3.95. The molecule has 2 amide bonds. The van der Waals surface area contributed by atoms with Crippen LogP contribution in [0.2, 0.25) is 0 Å². The zero-order valence-corrected chi connectivity index (χ0v) is 16.9. The summed E-state index contributed by atoms with van der Waals surface area (Å²) < 4.78 is 6.03. The normalized spacial score (nSPS) is 18.8. The predicted molar refractivity (Wildman–Crippen MR) is 115 cm³/mol. The van der Waals surface area contributed by atoms with Gasteiger partial charge in [-0.15, -0.1) is 0 Å². The van der Waals surface area contributed by atoms with E-state index in [0.717, 1.165) is 40.7 Å². The van der Waals surface area contributed by atoms with E-state index in [9.17, 15) is 9.59 Å². The van der Waals surface area contributed by atoms with Crippen LogP contribution in [0.25, 0.3) is 17.0 Å². The van der Waals surface area contributed by atoms with Crippen LogP contribution in [0.5, 0.6) is 0 Å². The maximum Gasteiger partial charge on any atom is 0.246 e. The summed E-state index contributed by atoms with van der Waals surface area (Å²) in [7, 11) is 0. The van der Waals surface area contributed by atoms with Crippen LogP contribution in [0.15, 0.2) is 47.0 Å². The second-order valence-corrected chi connectivity index (χ2v) is 8.07. The summed E-state index contributed by atoms with van der Waals surface area (Å²) in [6.45, 7) is 3.09. The molecular formula is C24H23N3O3. The van der Waals surface area contributed by atoms with Crippen LogP contribution in [0, 0.1) is 5.92 Å². The van der Waals surface area contributed by atoms with Gasteiger partial charge in [0, 0.05) is 35.7 Å². The van der Waals surface area contributed by atoms with Crippen molar-refractivity contribution in [3.63, 3.8) is 0 Å². The number of hydrogen-bond acceptors (Lipinski definition) is 4. The highest BCUT2D eigenvalue weighted by atomic mass is 16.3. The lowest BCUT2D eigenvalue weighted by molar-refractivity contribution is -0.126. The number of benzene rings is 1. The van der Waals surface area contributed by atoms with Crippen LogP contribution in [-0.4, -0.2) is 28.2 Å². The van der Waals surface area contributed by atoms with Crippen LogP contribution in [-0.2, 0) is 29.0 Å². The minimum atomic E-state index is -0.0738. The van der Waals surface area contributed by atoms with Crippen LogP contribution >= 0.6 is 0 Å². The number of pyridine rings is 1. The molecule has 0 saturated heterocycles. The Morgan fingerprint density at radius 1 is 1.33 bits per heavy atom. The summed E-state index contributed by atoms with van der Waals surface area (Å²) in [5.74, 6) is 1.39. The quantitative estimate of drug-likeness (QED) is 0.660. The van der Waals surface area contributed by atoms with E-state index in [1.807, 2.05) is 36.1 Å². The van der Waals surface area contributed by atoms with Gasteiger partial charge in [0.15, 0.2) is 0 Å². The molecule has 2 aromatic heterocycles. The highest BCUT2D eigenvalue weighted by Crippen LogP contribution is 2.30. The average molecular weight is 401 g/mol. The Bertz CT molecular complexity index is 1180. The van der Waals surface area contributed by atoms with Gasteiger partial charge in [-0.05, 0) is 48.6 Å². The summed E-state index contributed by atoms with van der Waals surface area (Å²) in [6.07, 6.45) is 7.55. The molecule has 30 heavy (non-hydrogen) atoms. The van der Waals surface area contributed by atoms with Crippen molar-refractivity contribution >= 4 is 34.7 Å². The standard InChI is InChI=1S/C24H23N3O3/c1-15-11-17-12-16(13-25-23(17)26-24(15)29)8-9-22(28)27-10-4-6-19-18-5-2-3-7-20(18)30-21(19)14-27/h2-3,5,7-9,12-13,15H,4,6,10-11,14H2,1H3,(H,25,26,29)/b9-8+. The molecule has 0 fully saturated rings. The van der Waals surface area contributed by atoms with E-state index >= 15 is 0 Å². The van der Waals surface area contributed by atoms with E-state index in [-0.39, 0.29) is 17.7 Å². The first-order chi connectivity index (χ1) is 14.6. The Balaban J connectivity index is 1.33. The van der Waals surface area contributed by atoms with Crippen LogP contribution < -0.4 is 5.32 Å². The van der Waals surface area contributed by atoms with E-state index in [1.54, 1.807) is 18.3 Å². The van der Waals surface area contributed by atoms with Crippen LogP contribution in [0.3, 0.4) is 0 Å². The number of anilines is 1. The van der Waals surface area contributed by atoms with E-state index in [1.165, 1.54) is 5.56 Å². The van der Waals surface area contributed by atoms with Gasteiger partial charge in [-0.2, -0.15) is 0 Å². The molecule has 6 heteroatoms. The van der Waals surface area contributed by atoms with Gasteiger partial charge in [-0.25, -0.2) is 4.98 Å². The fourth-order valence-corrected chi connectivity index (χ4v) is 4.26. The molecular weight excluding hydrogens is 378 g/mol. The van der Waals surface area contributed by atoms with Crippen molar-refractivity contribution in [2.24, 2.45) is 5.92 Å². The van der Waals surface area contributed by atoms with Crippen molar-refractivity contribution in [1.82, 2.24) is 9.88 Å². The SMILES string of the molecule is CC1Cc2cc(/C=C/C(=O)N3CCCc4c(oc5ccccc45)C3)cnc2NC1=O. The first-order valence-corrected chi connectivity index (χ1v) is 10.3. The molecule has 5 rings (SSSR count). The number of fused-ring (bicyclic) bond motifs is 4. The number of aromatic nitrogens is 1. The lowest BCUT2D eigenvalue weighted by atomic mass is 9.96. The molecule has 0 radical (unpaired) electrons. The van der Waals surface area contributed by atoms with Gasteiger partial charge in [-0.1, -0.05) is 25.1 Å². The number of carbonyl (C=O) groups excluding carboxylic acids is 2. The Morgan fingerprint density at radius 2 is 2.20 bits per heavy atom. The molecule has 1 N–H and O–H groups in total. The number of para-hydroxylation sites is 1. The van der Waals surface area contributed by atoms with Crippen molar-refractivity contribution in [1.29, 1.82) is 0 Å². The van der Waals surface area contributed by atoms with Crippen molar-refractivity contribution < 1.29 is 14.0 Å². The first kappa shape index (κ1) is 18.6. The molecule has 1 aromatic carbocycles. The number of hydrogen-bond donors (Lipinski definition) is 1. The molecule has 4 heterocycles. The fraction of sp³-hybridized carbons (Fsp3) is 0.292. The highest BCUT2D eigenvalue weighted by Gasteiger charge is 2.24. The minimum absolute atomic E-state index is 0.000380. The second kappa shape index (κ2) is 7.44. The largest absolute Gasteiger partial charge is 0.459 e. The number of nitrogens with zero attached hydrogens (tertiary/aromatic N) is 2. The van der Waals surface area contributed by atoms with Crippen molar-refractivity contribution in [3.8, 4) is 0 Å². The molecule has 6 nitrogen and oxygen atoms in total. The minimum Gasteiger partial charge on any atom is -0.459 e. The Kier molecular flexibility index (Phi) is 4.62. The smallest absolute Gasteiger partial charge is 0.246 e. The van der Waals surface area contributed by atoms with Crippen molar-refractivity contribution in [2.75, 3.05) is 11.9 Å². The Labute approximate surface area is 174 Å². The zero-order valence-electron chi connectivity index (χ0n) is 16.9. The summed E-state index contributed by atoms with van der Waals surface area (Å²) >= 11 is 0. The van der Waals surface area contributed by atoms with Crippen molar-refractivity contribution in [2.45, 2.75) is 32.7 Å². The van der Waals surface area contributed by atoms with Gasteiger partial charge in [0.1, 0.15) is 17.2 Å². The monoisotopic (exact) mass is 401 g/mol. The fourth-order valence-electron chi connectivity index (χ4n) is 4.26.